The molecule has 0 amide bonds. The van der Waals surface area contributed by atoms with Crippen LogP contribution in [0.2, 0.25) is 0 Å². The summed E-state index contributed by atoms with van der Waals surface area (Å²) in [6.45, 7) is 0.913. The Bertz CT molecular complexity index is 453. The number of halogens is 6. The summed E-state index contributed by atoms with van der Waals surface area (Å²) >= 11 is 1.30. The molecule has 1 aromatic rings. The van der Waals surface area contributed by atoms with Gasteiger partial charge in [-0.15, -0.1) is 0 Å². The van der Waals surface area contributed by atoms with Crippen LogP contribution in [0.4, 0.5) is 22.0 Å². The number of ketones is 1. The lowest BCUT2D eigenvalue weighted by molar-refractivity contribution is -0.138. The van der Waals surface area contributed by atoms with E-state index in [1.807, 2.05) is 0 Å². The maximum Gasteiger partial charge on any atom is 0.418 e. The van der Waals surface area contributed by atoms with Crippen LogP contribution < -0.4 is 0 Å². The number of hydrogen-bond donors (Lipinski definition) is 0. The zero-order valence-corrected chi connectivity index (χ0v) is 10.6. The van der Waals surface area contributed by atoms with Crippen molar-refractivity contribution in [1.29, 1.82) is 0 Å². The van der Waals surface area contributed by atoms with Crippen molar-refractivity contribution >= 4 is 28.4 Å². The number of benzene rings is 1. The summed E-state index contributed by atoms with van der Waals surface area (Å²) in [7, 11) is 0. The van der Waals surface area contributed by atoms with E-state index in [1.54, 1.807) is 0 Å². The molecule has 1 aromatic carbocycles. The molecule has 0 radical (unpaired) electrons. The molecule has 7 heteroatoms. The summed E-state index contributed by atoms with van der Waals surface area (Å²) in [5.41, 5.74) is -2.47. The predicted molar refractivity (Wildman–Crippen MR) is 59.1 cm³/mol. The van der Waals surface area contributed by atoms with Gasteiger partial charge in [0.1, 0.15) is 0 Å². The van der Waals surface area contributed by atoms with Crippen molar-refractivity contribution in [2.45, 2.75) is 19.5 Å². The average Bonchev–Trinajstić information content (AvgIpc) is 2.13. The molecule has 0 N–H and O–H groups in total. The lowest BCUT2D eigenvalue weighted by Crippen LogP contribution is -2.15. The van der Waals surface area contributed by atoms with Crippen molar-refractivity contribution in [3.63, 3.8) is 0 Å². The molecule has 0 unspecified atom stereocenters. The largest absolute Gasteiger partial charge is 0.418 e. The molecule has 0 saturated carbocycles. The molecule has 94 valence electrons. The number of rotatable bonds is 2. The standard InChI is InChI=1S/C10H6F5IO/c1-4(17)6-2-5(9(11)12)3-7(16)8(6)10(13,14)15/h2-3,9H,1H3. The smallest absolute Gasteiger partial charge is 0.294 e. The predicted octanol–water partition coefficient (Wildman–Crippen LogP) is 4.45. The molecular weight excluding hydrogens is 358 g/mol. The van der Waals surface area contributed by atoms with Crippen LogP contribution in [0.15, 0.2) is 12.1 Å². The highest BCUT2D eigenvalue weighted by Crippen LogP contribution is 2.37. The molecule has 0 aliphatic rings. The van der Waals surface area contributed by atoms with Crippen molar-refractivity contribution < 1.29 is 26.7 Å². The van der Waals surface area contributed by atoms with Crippen LogP contribution in [0.5, 0.6) is 0 Å². The van der Waals surface area contributed by atoms with E-state index in [4.69, 9.17) is 0 Å². The van der Waals surface area contributed by atoms with E-state index in [1.165, 1.54) is 22.6 Å². The fourth-order valence-corrected chi connectivity index (χ4v) is 2.28. The Hall–Kier alpha value is -0.730. The Balaban J connectivity index is 3.56. The van der Waals surface area contributed by atoms with Gasteiger partial charge >= 0.3 is 6.18 Å². The van der Waals surface area contributed by atoms with Crippen molar-refractivity contribution in [2.75, 3.05) is 0 Å². The first-order valence-corrected chi connectivity index (χ1v) is 5.42. The Morgan fingerprint density at radius 3 is 2.18 bits per heavy atom. The Morgan fingerprint density at radius 1 is 1.29 bits per heavy atom. The Labute approximate surface area is 107 Å². The molecule has 0 aromatic heterocycles. The summed E-state index contributed by atoms with van der Waals surface area (Å²) in [4.78, 5) is 11.1. The first kappa shape index (κ1) is 14.3. The molecule has 1 rings (SSSR count). The first-order chi connectivity index (χ1) is 7.64. The normalized spacial score (nSPS) is 12.0. The summed E-state index contributed by atoms with van der Waals surface area (Å²) in [5.74, 6) is -0.891. The van der Waals surface area contributed by atoms with E-state index < -0.39 is 38.6 Å². The molecule has 0 aliphatic carbocycles. The number of alkyl halides is 5. The minimum absolute atomic E-state index is 0.405. The third-order valence-electron chi connectivity index (χ3n) is 2.03. The maximum absolute atomic E-state index is 12.7. The zero-order chi connectivity index (χ0) is 13.4. The van der Waals surface area contributed by atoms with Crippen LogP contribution in [-0.2, 0) is 6.18 Å². The van der Waals surface area contributed by atoms with Gasteiger partial charge in [0.15, 0.2) is 5.78 Å². The van der Waals surface area contributed by atoms with Gasteiger partial charge in [0.25, 0.3) is 6.43 Å². The Kier molecular flexibility index (Phi) is 4.11. The molecular formula is C10H6F5IO. The van der Waals surface area contributed by atoms with E-state index in [2.05, 4.69) is 0 Å². The van der Waals surface area contributed by atoms with E-state index in [9.17, 15) is 26.7 Å². The Morgan fingerprint density at radius 2 is 1.82 bits per heavy atom. The van der Waals surface area contributed by atoms with Crippen molar-refractivity contribution in [3.05, 3.63) is 32.4 Å². The molecule has 0 fully saturated rings. The van der Waals surface area contributed by atoms with Crippen molar-refractivity contribution in [3.8, 4) is 0 Å². The van der Waals surface area contributed by atoms with Gasteiger partial charge in [-0.25, -0.2) is 8.78 Å². The number of Topliss-reactive ketones (excluding diaryl/α,β-unsaturated/α-hetero) is 1. The molecule has 1 nitrogen and oxygen atoms in total. The second kappa shape index (κ2) is 4.87. The van der Waals surface area contributed by atoms with E-state index in [0.29, 0.717) is 6.07 Å². The van der Waals surface area contributed by atoms with Gasteiger partial charge in [0.2, 0.25) is 0 Å². The number of carbonyl (C=O) groups is 1. The van der Waals surface area contributed by atoms with Gasteiger partial charge < -0.3 is 0 Å². The second-order valence-electron chi connectivity index (χ2n) is 3.28. The average molecular weight is 364 g/mol. The molecule has 0 spiro atoms. The number of hydrogen-bond acceptors (Lipinski definition) is 1. The molecule has 0 heterocycles. The van der Waals surface area contributed by atoms with Crippen molar-refractivity contribution in [2.24, 2.45) is 0 Å². The third-order valence-corrected chi connectivity index (χ3v) is 2.88. The molecule has 17 heavy (non-hydrogen) atoms. The first-order valence-electron chi connectivity index (χ1n) is 4.34. The zero-order valence-electron chi connectivity index (χ0n) is 8.41. The lowest BCUT2D eigenvalue weighted by Gasteiger charge is -2.14. The maximum atomic E-state index is 12.7. The van der Waals surface area contributed by atoms with Gasteiger partial charge in [-0.1, -0.05) is 0 Å². The highest BCUT2D eigenvalue weighted by molar-refractivity contribution is 14.1. The minimum Gasteiger partial charge on any atom is -0.294 e. The third kappa shape index (κ3) is 3.14. The quantitative estimate of drug-likeness (QED) is 0.431. The summed E-state index contributed by atoms with van der Waals surface area (Å²) in [6, 6.07) is 1.33. The van der Waals surface area contributed by atoms with E-state index in [-0.39, 0.29) is 0 Å². The highest BCUT2D eigenvalue weighted by atomic mass is 127. The SMILES string of the molecule is CC(=O)c1cc(C(F)F)cc(I)c1C(F)(F)F. The van der Waals surface area contributed by atoms with E-state index in [0.717, 1.165) is 13.0 Å². The van der Waals surface area contributed by atoms with Gasteiger partial charge in [-0.05, 0) is 41.6 Å². The highest BCUT2D eigenvalue weighted by Gasteiger charge is 2.37. The minimum atomic E-state index is -4.74. The van der Waals surface area contributed by atoms with Crippen LogP contribution in [-0.4, -0.2) is 5.78 Å². The topological polar surface area (TPSA) is 17.1 Å². The second-order valence-corrected chi connectivity index (χ2v) is 4.44. The van der Waals surface area contributed by atoms with E-state index >= 15 is 0 Å². The number of carbonyl (C=O) groups excluding carboxylic acids is 1. The van der Waals surface area contributed by atoms with Crippen LogP contribution in [0.3, 0.4) is 0 Å². The molecule has 0 aliphatic heterocycles. The summed E-state index contributed by atoms with van der Waals surface area (Å²) in [5, 5.41) is 0. The fraction of sp³-hybridized carbons (Fsp3) is 0.300. The van der Waals surface area contributed by atoms with Gasteiger partial charge in [0, 0.05) is 14.7 Å². The van der Waals surface area contributed by atoms with Crippen LogP contribution in [0.25, 0.3) is 0 Å². The van der Waals surface area contributed by atoms with Gasteiger partial charge in [0.05, 0.1) is 5.56 Å². The molecule has 0 bridgehead atoms. The molecule has 0 atom stereocenters. The van der Waals surface area contributed by atoms with Gasteiger partial charge in [-0.2, -0.15) is 13.2 Å². The van der Waals surface area contributed by atoms with Crippen LogP contribution >= 0.6 is 22.6 Å². The van der Waals surface area contributed by atoms with Gasteiger partial charge in [-0.3, -0.25) is 4.79 Å². The molecule has 0 saturated heterocycles. The van der Waals surface area contributed by atoms with Crippen molar-refractivity contribution in [1.82, 2.24) is 0 Å². The summed E-state index contributed by atoms with van der Waals surface area (Å²) < 4.78 is 62.4. The fourth-order valence-electron chi connectivity index (χ4n) is 1.32. The monoisotopic (exact) mass is 364 g/mol. The lowest BCUT2D eigenvalue weighted by atomic mass is 10.0. The van der Waals surface area contributed by atoms with Crippen LogP contribution in [0, 0.1) is 3.57 Å². The summed E-state index contributed by atoms with van der Waals surface area (Å²) in [6.07, 6.45) is -7.65. The van der Waals surface area contributed by atoms with Crippen LogP contribution in [0.1, 0.15) is 34.8 Å².